The third kappa shape index (κ3) is 4.15. The van der Waals surface area contributed by atoms with Gasteiger partial charge in [-0.05, 0) is 45.1 Å². The number of sulfonamides is 1. The molecule has 1 saturated heterocycles. The molecule has 0 bridgehead atoms. The van der Waals surface area contributed by atoms with Crippen LogP contribution in [0.2, 0.25) is 0 Å². The lowest BCUT2D eigenvalue weighted by Crippen LogP contribution is -2.42. The third-order valence-electron chi connectivity index (χ3n) is 6.34. The van der Waals surface area contributed by atoms with Crippen molar-refractivity contribution in [3.05, 3.63) is 28.2 Å². The highest BCUT2D eigenvalue weighted by atomic mass is 32.2. The molecule has 166 valence electrons. The van der Waals surface area contributed by atoms with Gasteiger partial charge >= 0.3 is 0 Å². The van der Waals surface area contributed by atoms with Crippen molar-refractivity contribution < 1.29 is 13.5 Å². The van der Waals surface area contributed by atoms with Gasteiger partial charge in [-0.2, -0.15) is 10.2 Å². The maximum Gasteiger partial charge on any atom is 0.270 e. The summed E-state index contributed by atoms with van der Waals surface area (Å²) < 4.78 is 26.3. The molecule has 10 nitrogen and oxygen atoms in total. The molecule has 2 aromatic rings. The molecule has 2 N–H and O–H groups in total. The van der Waals surface area contributed by atoms with E-state index < -0.39 is 27.2 Å². The summed E-state index contributed by atoms with van der Waals surface area (Å²) in [6.07, 6.45) is 5.97. The Morgan fingerprint density at radius 2 is 2.03 bits per heavy atom. The third-order valence-corrected chi connectivity index (χ3v) is 7.64. The van der Waals surface area contributed by atoms with E-state index in [1.54, 1.807) is 13.1 Å². The Labute approximate surface area is 180 Å². The number of nitrogens with zero attached hydrogens (tertiary/aromatic N) is 5. The van der Waals surface area contributed by atoms with Crippen molar-refractivity contribution in [1.82, 2.24) is 18.8 Å². The molecule has 0 amide bonds. The minimum Gasteiger partial charge on any atom is -0.388 e. The standard InChI is InChI=1S/C20H26N6O4S/c1-20(28)7-3-4-16(20)26-17-14(10-13(11-21)18(26)27)12-22-19(24-17)23-15-5-8-25(9-6-15)31(2,29)30/h10,12,15-16,28H,3-9H2,1-2H3,(H,22,23,24)/t16?,20-/m1/s1. The predicted molar refractivity (Wildman–Crippen MR) is 115 cm³/mol. The fraction of sp³-hybridized carbons (Fsp3) is 0.600. The van der Waals surface area contributed by atoms with Crippen molar-refractivity contribution in [2.24, 2.45) is 0 Å². The summed E-state index contributed by atoms with van der Waals surface area (Å²) in [6, 6.07) is 2.94. The summed E-state index contributed by atoms with van der Waals surface area (Å²) >= 11 is 0. The molecule has 3 heterocycles. The molecule has 1 aliphatic carbocycles. The van der Waals surface area contributed by atoms with Gasteiger partial charge in [0.1, 0.15) is 17.3 Å². The van der Waals surface area contributed by atoms with Crippen molar-refractivity contribution in [3.8, 4) is 6.07 Å². The van der Waals surface area contributed by atoms with Gasteiger partial charge in [-0.25, -0.2) is 17.7 Å². The van der Waals surface area contributed by atoms with Crippen LogP contribution < -0.4 is 10.9 Å². The molecule has 2 aromatic heterocycles. The van der Waals surface area contributed by atoms with E-state index in [1.807, 2.05) is 6.07 Å². The first-order valence-electron chi connectivity index (χ1n) is 10.4. The Bertz CT molecular complexity index is 1210. The second-order valence-corrected chi connectivity index (χ2v) is 10.6. The Morgan fingerprint density at radius 1 is 1.32 bits per heavy atom. The SMILES string of the molecule is C[C@@]1(O)CCCC1n1c(=O)c(C#N)cc2cnc(NC3CCN(S(C)(=O)=O)CC3)nc21. The van der Waals surface area contributed by atoms with E-state index in [9.17, 15) is 23.6 Å². The first-order chi connectivity index (χ1) is 14.6. The monoisotopic (exact) mass is 446 g/mol. The number of pyridine rings is 1. The fourth-order valence-electron chi connectivity index (χ4n) is 4.61. The van der Waals surface area contributed by atoms with Crippen molar-refractivity contribution in [3.63, 3.8) is 0 Å². The number of nitrogens with one attached hydrogen (secondary N) is 1. The van der Waals surface area contributed by atoms with E-state index in [4.69, 9.17) is 0 Å². The van der Waals surface area contributed by atoms with Crippen LogP contribution in [0.3, 0.4) is 0 Å². The molecule has 0 aromatic carbocycles. The average Bonchev–Trinajstić information content (AvgIpc) is 3.06. The Hall–Kier alpha value is -2.55. The Morgan fingerprint density at radius 3 is 2.61 bits per heavy atom. The van der Waals surface area contributed by atoms with Crippen LogP contribution in [0.25, 0.3) is 11.0 Å². The summed E-state index contributed by atoms with van der Waals surface area (Å²) in [4.78, 5) is 21.9. The Balaban J connectivity index is 1.68. The molecule has 31 heavy (non-hydrogen) atoms. The van der Waals surface area contributed by atoms with Gasteiger partial charge < -0.3 is 10.4 Å². The number of aromatic nitrogens is 3. The zero-order valence-corrected chi connectivity index (χ0v) is 18.4. The maximum atomic E-state index is 13.0. The van der Waals surface area contributed by atoms with Crippen LogP contribution in [0.5, 0.6) is 0 Å². The lowest BCUT2D eigenvalue weighted by atomic mass is 9.99. The van der Waals surface area contributed by atoms with Crippen LogP contribution in [-0.2, 0) is 10.0 Å². The molecule has 1 aliphatic heterocycles. The van der Waals surface area contributed by atoms with Gasteiger partial charge in [-0.3, -0.25) is 9.36 Å². The van der Waals surface area contributed by atoms with E-state index >= 15 is 0 Å². The summed E-state index contributed by atoms with van der Waals surface area (Å²) in [5, 5.41) is 24.0. The molecule has 1 unspecified atom stereocenters. The first-order valence-corrected chi connectivity index (χ1v) is 12.2. The second kappa shape index (κ2) is 7.85. The zero-order chi connectivity index (χ0) is 22.4. The van der Waals surface area contributed by atoms with Crippen molar-refractivity contribution >= 4 is 27.0 Å². The molecule has 1 saturated carbocycles. The molecule has 2 fully saturated rings. The topological polar surface area (TPSA) is 141 Å². The van der Waals surface area contributed by atoms with Gasteiger partial charge in [0.25, 0.3) is 5.56 Å². The lowest BCUT2D eigenvalue weighted by Gasteiger charge is -2.31. The summed E-state index contributed by atoms with van der Waals surface area (Å²) in [5.41, 5.74) is -1.16. The highest BCUT2D eigenvalue weighted by Crippen LogP contribution is 2.39. The van der Waals surface area contributed by atoms with Crippen LogP contribution in [-0.4, -0.2) is 63.4 Å². The van der Waals surface area contributed by atoms with Crippen LogP contribution in [0.4, 0.5) is 5.95 Å². The molecular formula is C20H26N6O4S. The van der Waals surface area contributed by atoms with Gasteiger partial charge in [-0.1, -0.05) is 0 Å². The van der Waals surface area contributed by atoms with Gasteiger partial charge in [0.15, 0.2) is 0 Å². The number of fused-ring (bicyclic) bond motifs is 1. The largest absolute Gasteiger partial charge is 0.388 e. The van der Waals surface area contributed by atoms with Crippen molar-refractivity contribution in [2.45, 2.75) is 56.7 Å². The number of hydrogen-bond acceptors (Lipinski definition) is 8. The molecule has 11 heteroatoms. The van der Waals surface area contributed by atoms with E-state index in [2.05, 4.69) is 15.3 Å². The number of anilines is 1. The number of rotatable bonds is 4. The van der Waals surface area contributed by atoms with Gasteiger partial charge in [-0.15, -0.1) is 0 Å². The van der Waals surface area contributed by atoms with Gasteiger partial charge in [0, 0.05) is 30.7 Å². The maximum absolute atomic E-state index is 13.0. The van der Waals surface area contributed by atoms with Gasteiger partial charge in [0.2, 0.25) is 16.0 Å². The highest BCUT2D eigenvalue weighted by Gasteiger charge is 2.40. The van der Waals surface area contributed by atoms with Crippen LogP contribution in [0, 0.1) is 11.3 Å². The summed E-state index contributed by atoms with van der Waals surface area (Å²) in [7, 11) is -3.20. The molecule has 0 radical (unpaired) electrons. The molecule has 2 aliphatic rings. The molecule has 0 spiro atoms. The lowest BCUT2D eigenvalue weighted by molar-refractivity contribution is 0.0266. The average molecular weight is 447 g/mol. The van der Waals surface area contributed by atoms with Crippen molar-refractivity contribution in [2.75, 3.05) is 24.7 Å². The predicted octanol–water partition coefficient (Wildman–Crippen LogP) is 0.975. The first kappa shape index (κ1) is 21.7. The number of aliphatic hydroxyl groups is 1. The van der Waals surface area contributed by atoms with E-state index in [-0.39, 0.29) is 11.6 Å². The molecule has 2 atom stereocenters. The number of nitriles is 1. The minimum absolute atomic E-state index is 0.00333. The molecule has 4 rings (SSSR count). The van der Waals surface area contributed by atoms with E-state index in [0.29, 0.717) is 55.8 Å². The van der Waals surface area contributed by atoms with Gasteiger partial charge in [0.05, 0.1) is 17.9 Å². The van der Waals surface area contributed by atoms with Crippen LogP contribution >= 0.6 is 0 Å². The second-order valence-electron chi connectivity index (χ2n) is 8.66. The zero-order valence-electron chi connectivity index (χ0n) is 17.6. The fourth-order valence-corrected chi connectivity index (χ4v) is 5.49. The number of piperidine rings is 1. The highest BCUT2D eigenvalue weighted by molar-refractivity contribution is 7.88. The Kier molecular flexibility index (Phi) is 5.49. The van der Waals surface area contributed by atoms with Crippen LogP contribution in [0.1, 0.15) is 50.6 Å². The van der Waals surface area contributed by atoms with Crippen LogP contribution in [0.15, 0.2) is 17.1 Å². The summed E-state index contributed by atoms with van der Waals surface area (Å²) in [5.74, 6) is 0.334. The number of hydrogen-bond donors (Lipinski definition) is 2. The quantitative estimate of drug-likeness (QED) is 0.708. The minimum atomic E-state index is -3.20. The smallest absolute Gasteiger partial charge is 0.270 e. The normalized spacial score (nSPS) is 25.5. The van der Waals surface area contributed by atoms with Crippen molar-refractivity contribution in [1.29, 1.82) is 5.26 Å². The van der Waals surface area contributed by atoms with E-state index in [0.717, 1.165) is 6.42 Å². The van der Waals surface area contributed by atoms with E-state index in [1.165, 1.54) is 21.2 Å². The molecular weight excluding hydrogens is 420 g/mol. The summed E-state index contributed by atoms with van der Waals surface area (Å²) in [6.45, 7) is 2.55.